The minimum Gasteiger partial charge on any atom is -0.349 e. The summed E-state index contributed by atoms with van der Waals surface area (Å²) < 4.78 is 0. The number of nitrogens with one attached hydrogen (secondary N) is 1. The molecule has 3 rings (SSSR count). The fourth-order valence-corrected chi connectivity index (χ4v) is 3.79. The Morgan fingerprint density at radius 3 is 2.46 bits per heavy atom. The third-order valence-corrected chi connectivity index (χ3v) is 5.38. The highest BCUT2D eigenvalue weighted by Gasteiger charge is 2.36. The molecule has 2 aromatic carbocycles. The summed E-state index contributed by atoms with van der Waals surface area (Å²) in [6, 6.07) is 17.6. The van der Waals surface area contributed by atoms with Crippen molar-refractivity contribution in [1.29, 1.82) is 0 Å². The van der Waals surface area contributed by atoms with Gasteiger partial charge in [0, 0.05) is 28.6 Å². The van der Waals surface area contributed by atoms with Gasteiger partial charge in [0.05, 0.1) is 0 Å². The molecule has 126 valence electrons. The van der Waals surface area contributed by atoms with Crippen molar-refractivity contribution in [3.63, 3.8) is 0 Å². The van der Waals surface area contributed by atoms with Crippen molar-refractivity contribution in [1.82, 2.24) is 5.32 Å². The lowest BCUT2D eigenvalue weighted by Gasteiger charge is -2.40. The number of carbonyl (C=O) groups excluding carboxylic acids is 1. The molecule has 1 amide bonds. The SMILES string of the molecule is NC[C@]1(c2cccc(Cl)c2)CC[C@H](NC(=O)c2ccccc2)CC1. The van der Waals surface area contributed by atoms with Crippen LogP contribution in [0.25, 0.3) is 0 Å². The molecule has 3 nitrogen and oxygen atoms in total. The van der Waals surface area contributed by atoms with Crippen molar-refractivity contribution in [2.45, 2.75) is 37.1 Å². The first-order valence-electron chi connectivity index (χ1n) is 8.45. The van der Waals surface area contributed by atoms with Crippen LogP contribution >= 0.6 is 11.6 Å². The molecule has 2 aromatic rings. The van der Waals surface area contributed by atoms with Gasteiger partial charge in [0.25, 0.3) is 5.91 Å². The van der Waals surface area contributed by atoms with Gasteiger partial charge in [-0.2, -0.15) is 0 Å². The maximum Gasteiger partial charge on any atom is 0.251 e. The van der Waals surface area contributed by atoms with Gasteiger partial charge in [0.1, 0.15) is 0 Å². The summed E-state index contributed by atoms with van der Waals surface area (Å²) in [5, 5.41) is 3.90. The molecule has 4 heteroatoms. The molecular formula is C20H23ClN2O. The zero-order valence-electron chi connectivity index (χ0n) is 13.7. The molecule has 0 atom stereocenters. The number of nitrogens with two attached hydrogens (primary N) is 1. The highest BCUT2D eigenvalue weighted by atomic mass is 35.5. The minimum absolute atomic E-state index is 0.00334. The van der Waals surface area contributed by atoms with E-state index in [1.807, 2.05) is 48.5 Å². The molecule has 1 fully saturated rings. The van der Waals surface area contributed by atoms with Crippen LogP contribution in [0.2, 0.25) is 5.02 Å². The van der Waals surface area contributed by atoms with Crippen LogP contribution in [-0.2, 0) is 5.41 Å². The maximum absolute atomic E-state index is 12.3. The van der Waals surface area contributed by atoms with E-state index in [-0.39, 0.29) is 17.4 Å². The lowest BCUT2D eigenvalue weighted by Crippen LogP contribution is -2.45. The normalized spacial score (nSPS) is 23.7. The highest BCUT2D eigenvalue weighted by Crippen LogP contribution is 2.39. The first-order valence-corrected chi connectivity index (χ1v) is 8.83. The molecule has 0 heterocycles. The Balaban J connectivity index is 1.65. The van der Waals surface area contributed by atoms with Gasteiger partial charge in [-0.1, -0.05) is 41.9 Å². The number of halogens is 1. The summed E-state index contributed by atoms with van der Waals surface area (Å²) in [5.41, 5.74) is 8.02. The Morgan fingerprint density at radius 2 is 1.83 bits per heavy atom. The Labute approximate surface area is 148 Å². The van der Waals surface area contributed by atoms with Gasteiger partial charge in [0.2, 0.25) is 0 Å². The monoisotopic (exact) mass is 342 g/mol. The second-order valence-electron chi connectivity index (χ2n) is 6.61. The van der Waals surface area contributed by atoms with Gasteiger partial charge in [-0.05, 0) is 55.5 Å². The summed E-state index contributed by atoms with van der Waals surface area (Å²) in [5.74, 6) is 0.00334. The molecule has 0 bridgehead atoms. The third-order valence-electron chi connectivity index (χ3n) is 5.14. The van der Waals surface area contributed by atoms with Crippen LogP contribution in [0.15, 0.2) is 54.6 Å². The van der Waals surface area contributed by atoms with E-state index < -0.39 is 0 Å². The minimum atomic E-state index is -0.0289. The van der Waals surface area contributed by atoms with E-state index in [1.165, 1.54) is 5.56 Å². The first-order chi connectivity index (χ1) is 11.6. The van der Waals surface area contributed by atoms with Crippen LogP contribution in [0.1, 0.15) is 41.6 Å². The second-order valence-corrected chi connectivity index (χ2v) is 7.04. The van der Waals surface area contributed by atoms with Gasteiger partial charge in [-0.15, -0.1) is 0 Å². The number of carbonyl (C=O) groups is 1. The quantitative estimate of drug-likeness (QED) is 0.885. The molecule has 24 heavy (non-hydrogen) atoms. The van der Waals surface area contributed by atoms with E-state index >= 15 is 0 Å². The van der Waals surface area contributed by atoms with Crippen molar-refractivity contribution >= 4 is 17.5 Å². The fraction of sp³-hybridized carbons (Fsp3) is 0.350. The molecule has 1 saturated carbocycles. The first kappa shape index (κ1) is 17.0. The molecule has 0 spiro atoms. The van der Waals surface area contributed by atoms with Crippen LogP contribution in [0, 0.1) is 0 Å². The molecule has 0 aliphatic heterocycles. The molecule has 0 aromatic heterocycles. The number of benzene rings is 2. The highest BCUT2D eigenvalue weighted by molar-refractivity contribution is 6.30. The summed E-state index contributed by atoms with van der Waals surface area (Å²) >= 11 is 6.15. The van der Waals surface area contributed by atoms with Gasteiger partial charge in [-0.25, -0.2) is 0 Å². The molecule has 0 radical (unpaired) electrons. The third kappa shape index (κ3) is 3.63. The molecule has 0 saturated heterocycles. The Bertz CT molecular complexity index is 694. The Kier molecular flexibility index (Phi) is 5.22. The molecule has 3 N–H and O–H groups in total. The van der Waals surface area contributed by atoms with Crippen LogP contribution < -0.4 is 11.1 Å². The summed E-state index contributed by atoms with van der Waals surface area (Å²) in [6.07, 6.45) is 3.79. The van der Waals surface area contributed by atoms with Crippen molar-refractivity contribution in [3.05, 3.63) is 70.7 Å². The topological polar surface area (TPSA) is 55.1 Å². The molecular weight excluding hydrogens is 320 g/mol. The Hall–Kier alpha value is -1.84. The lowest BCUT2D eigenvalue weighted by molar-refractivity contribution is 0.0918. The van der Waals surface area contributed by atoms with Crippen LogP contribution in [0.3, 0.4) is 0 Å². The average molecular weight is 343 g/mol. The maximum atomic E-state index is 12.3. The van der Waals surface area contributed by atoms with Crippen LogP contribution in [0.5, 0.6) is 0 Å². The molecule has 0 unspecified atom stereocenters. The zero-order valence-corrected chi connectivity index (χ0v) is 14.4. The van der Waals surface area contributed by atoms with Crippen molar-refractivity contribution in [2.24, 2.45) is 5.73 Å². The number of amides is 1. The number of hydrogen-bond acceptors (Lipinski definition) is 2. The molecule has 1 aliphatic rings. The molecule has 1 aliphatic carbocycles. The van der Waals surface area contributed by atoms with Gasteiger partial charge in [0.15, 0.2) is 0 Å². The zero-order chi connectivity index (χ0) is 17.0. The van der Waals surface area contributed by atoms with Gasteiger partial charge < -0.3 is 11.1 Å². The Morgan fingerprint density at radius 1 is 1.12 bits per heavy atom. The predicted octanol–water partition coefficient (Wildman–Crippen LogP) is 3.91. The summed E-state index contributed by atoms with van der Waals surface area (Å²) in [4.78, 5) is 12.3. The number of rotatable bonds is 4. The second kappa shape index (κ2) is 7.37. The number of hydrogen-bond donors (Lipinski definition) is 2. The van der Waals surface area contributed by atoms with E-state index in [9.17, 15) is 4.79 Å². The van der Waals surface area contributed by atoms with Crippen LogP contribution in [-0.4, -0.2) is 18.5 Å². The summed E-state index contributed by atoms with van der Waals surface area (Å²) in [7, 11) is 0. The van der Waals surface area contributed by atoms with Gasteiger partial charge in [-0.3, -0.25) is 4.79 Å². The van der Waals surface area contributed by atoms with E-state index in [4.69, 9.17) is 17.3 Å². The predicted molar refractivity (Wildman–Crippen MR) is 98.3 cm³/mol. The van der Waals surface area contributed by atoms with Crippen molar-refractivity contribution < 1.29 is 4.79 Å². The van der Waals surface area contributed by atoms with Crippen molar-refractivity contribution in [2.75, 3.05) is 6.54 Å². The largest absolute Gasteiger partial charge is 0.349 e. The van der Waals surface area contributed by atoms with E-state index in [1.54, 1.807) is 0 Å². The summed E-state index contributed by atoms with van der Waals surface area (Å²) in [6.45, 7) is 0.604. The van der Waals surface area contributed by atoms with E-state index in [0.29, 0.717) is 12.1 Å². The standard InChI is InChI=1S/C20H23ClN2O/c21-17-8-4-7-16(13-17)20(14-22)11-9-18(10-12-20)23-19(24)15-5-2-1-3-6-15/h1-8,13,18H,9-12,14,22H2,(H,23,24)/t18-,20-. The smallest absolute Gasteiger partial charge is 0.251 e. The fourth-order valence-electron chi connectivity index (χ4n) is 3.60. The van der Waals surface area contributed by atoms with Crippen molar-refractivity contribution in [3.8, 4) is 0 Å². The van der Waals surface area contributed by atoms with E-state index in [2.05, 4.69) is 11.4 Å². The average Bonchev–Trinajstić information content (AvgIpc) is 2.63. The van der Waals surface area contributed by atoms with Crippen LogP contribution in [0.4, 0.5) is 0 Å². The van der Waals surface area contributed by atoms with Gasteiger partial charge >= 0.3 is 0 Å². The van der Waals surface area contributed by atoms with E-state index in [0.717, 1.165) is 30.7 Å². The lowest BCUT2D eigenvalue weighted by atomic mass is 9.68.